The summed E-state index contributed by atoms with van der Waals surface area (Å²) in [7, 11) is 0. The van der Waals surface area contributed by atoms with Gasteiger partial charge in [0.15, 0.2) is 0 Å². The van der Waals surface area contributed by atoms with Crippen LogP contribution in [-0.2, 0) is 4.79 Å². The fraction of sp³-hybridized carbons (Fsp3) is 0.533. The standard InChI is InChI=1S/C15H19NO3/c17-15(18)14(10-5-6-10)16-9-11-7-8-19-13-4-2-1-3-12(11)13/h1-4,10-11,14,16H,5-9H2,(H,17,18). The predicted molar refractivity (Wildman–Crippen MR) is 71.4 cm³/mol. The first-order chi connectivity index (χ1) is 9.25. The van der Waals surface area contributed by atoms with Gasteiger partial charge < -0.3 is 15.2 Å². The highest BCUT2D eigenvalue weighted by atomic mass is 16.5. The van der Waals surface area contributed by atoms with Crippen molar-refractivity contribution in [2.45, 2.75) is 31.2 Å². The highest BCUT2D eigenvalue weighted by Crippen LogP contribution is 2.35. The average Bonchev–Trinajstić information content (AvgIpc) is 3.23. The number of benzene rings is 1. The van der Waals surface area contributed by atoms with Gasteiger partial charge in [-0.2, -0.15) is 0 Å². The molecule has 1 heterocycles. The summed E-state index contributed by atoms with van der Waals surface area (Å²) in [6.45, 7) is 1.43. The first kappa shape index (κ1) is 12.5. The lowest BCUT2D eigenvalue weighted by Gasteiger charge is -2.27. The molecule has 2 N–H and O–H groups in total. The van der Waals surface area contributed by atoms with Gasteiger partial charge >= 0.3 is 5.97 Å². The summed E-state index contributed by atoms with van der Waals surface area (Å²) in [6.07, 6.45) is 3.02. The van der Waals surface area contributed by atoms with E-state index in [1.54, 1.807) is 0 Å². The number of fused-ring (bicyclic) bond motifs is 1. The molecule has 0 radical (unpaired) electrons. The van der Waals surface area contributed by atoms with E-state index in [2.05, 4.69) is 11.4 Å². The molecule has 0 bridgehead atoms. The normalized spacial score (nSPS) is 23.3. The molecular formula is C15H19NO3. The number of hydrogen-bond donors (Lipinski definition) is 2. The van der Waals surface area contributed by atoms with Crippen LogP contribution in [0.3, 0.4) is 0 Å². The van der Waals surface area contributed by atoms with Gasteiger partial charge in [-0.25, -0.2) is 0 Å². The van der Waals surface area contributed by atoms with Crippen LogP contribution in [0, 0.1) is 5.92 Å². The van der Waals surface area contributed by atoms with Gasteiger partial charge in [0, 0.05) is 12.5 Å². The van der Waals surface area contributed by atoms with Crippen LogP contribution >= 0.6 is 0 Å². The SMILES string of the molecule is O=C(O)C(NCC1CCOc2ccccc21)C1CC1. The second-order valence-electron chi connectivity index (χ2n) is 5.43. The Bertz CT molecular complexity index is 470. The summed E-state index contributed by atoms with van der Waals surface area (Å²) in [5.41, 5.74) is 1.20. The van der Waals surface area contributed by atoms with E-state index in [-0.39, 0.29) is 6.04 Å². The van der Waals surface area contributed by atoms with Gasteiger partial charge in [-0.1, -0.05) is 18.2 Å². The van der Waals surface area contributed by atoms with E-state index in [0.29, 0.717) is 25.0 Å². The zero-order valence-electron chi connectivity index (χ0n) is 10.8. The van der Waals surface area contributed by atoms with Crippen LogP contribution in [0.2, 0.25) is 0 Å². The molecule has 2 unspecified atom stereocenters. The Labute approximate surface area is 112 Å². The van der Waals surface area contributed by atoms with Crippen molar-refractivity contribution in [2.75, 3.05) is 13.2 Å². The molecule has 1 aliphatic heterocycles. The fourth-order valence-corrected chi connectivity index (χ4v) is 2.78. The molecule has 4 nitrogen and oxygen atoms in total. The molecule has 0 aromatic heterocycles. The Balaban J connectivity index is 1.66. The maximum absolute atomic E-state index is 11.2. The number of para-hydroxylation sites is 1. The molecule has 2 atom stereocenters. The van der Waals surface area contributed by atoms with E-state index < -0.39 is 5.97 Å². The monoisotopic (exact) mass is 261 g/mol. The van der Waals surface area contributed by atoms with Crippen molar-refractivity contribution in [1.29, 1.82) is 0 Å². The number of carboxylic acids is 1. The Morgan fingerprint density at radius 2 is 2.16 bits per heavy atom. The number of nitrogens with one attached hydrogen (secondary N) is 1. The zero-order chi connectivity index (χ0) is 13.2. The van der Waals surface area contributed by atoms with Crippen molar-refractivity contribution in [2.24, 2.45) is 5.92 Å². The van der Waals surface area contributed by atoms with Crippen molar-refractivity contribution in [3.05, 3.63) is 29.8 Å². The number of carbonyl (C=O) groups is 1. The number of aliphatic carboxylic acids is 1. The second kappa shape index (κ2) is 5.21. The molecule has 0 saturated heterocycles. The molecule has 1 aliphatic carbocycles. The van der Waals surface area contributed by atoms with Crippen LogP contribution in [-0.4, -0.2) is 30.3 Å². The molecule has 102 valence electrons. The minimum atomic E-state index is -0.720. The average molecular weight is 261 g/mol. The van der Waals surface area contributed by atoms with Gasteiger partial charge in [0.2, 0.25) is 0 Å². The Hall–Kier alpha value is -1.55. The first-order valence-corrected chi connectivity index (χ1v) is 6.93. The van der Waals surface area contributed by atoms with Crippen LogP contribution in [0.5, 0.6) is 5.75 Å². The van der Waals surface area contributed by atoms with Crippen LogP contribution in [0.1, 0.15) is 30.7 Å². The largest absolute Gasteiger partial charge is 0.493 e. The number of rotatable bonds is 5. The van der Waals surface area contributed by atoms with Crippen molar-refractivity contribution >= 4 is 5.97 Å². The Morgan fingerprint density at radius 3 is 2.89 bits per heavy atom. The fourth-order valence-electron chi connectivity index (χ4n) is 2.78. The van der Waals surface area contributed by atoms with E-state index in [1.165, 1.54) is 5.56 Å². The zero-order valence-corrected chi connectivity index (χ0v) is 10.8. The first-order valence-electron chi connectivity index (χ1n) is 6.93. The van der Waals surface area contributed by atoms with Gasteiger partial charge in [-0.15, -0.1) is 0 Å². The summed E-state index contributed by atoms with van der Waals surface area (Å²) in [5.74, 6) is 0.903. The van der Waals surface area contributed by atoms with Crippen LogP contribution in [0.25, 0.3) is 0 Å². The summed E-state index contributed by atoms with van der Waals surface area (Å²) < 4.78 is 5.62. The Kier molecular flexibility index (Phi) is 3.42. The van der Waals surface area contributed by atoms with Gasteiger partial charge in [0.25, 0.3) is 0 Å². The molecule has 0 spiro atoms. The third-order valence-corrected chi connectivity index (χ3v) is 4.03. The number of hydrogen-bond acceptors (Lipinski definition) is 3. The molecule has 1 saturated carbocycles. The summed E-state index contributed by atoms with van der Waals surface area (Å²) >= 11 is 0. The third kappa shape index (κ3) is 2.73. The van der Waals surface area contributed by atoms with E-state index >= 15 is 0 Å². The van der Waals surface area contributed by atoms with E-state index in [4.69, 9.17) is 4.74 Å². The molecular weight excluding hydrogens is 242 g/mol. The topological polar surface area (TPSA) is 58.6 Å². The maximum Gasteiger partial charge on any atom is 0.320 e. The molecule has 0 amide bonds. The smallest absolute Gasteiger partial charge is 0.320 e. The number of ether oxygens (including phenoxy) is 1. The van der Waals surface area contributed by atoms with Crippen molar-refractivity contribution in [3.63, 3.8) is 0 Å². The second-order valence-corrected chi connectivity index (χ2v) is 5.43. The molecule has 1 aromatic rings. The van der Waals surface area contributed by atoms with Crippen molar-refractivity contribution in [3.8, 4) is 5.75 Å². The predicted octanol–water partition coefficient (Wildman–Crippen LogP) is 2.01. The molecule has 2 aliphatic rings. The van der Waals surface area contributed by atoms with E-state index in [9.17, 15) is 9.90 Å². The van der Waals surface area contributed by atoms with E-state index in [0.717, 1.165) is 25.0 Å². The summed E-state index contributed by atoms with van der Waals surface area (Å²) in [6, 6.07) is 7.66. The molecule has 3 rings (SSSR count). The molecule has 19 heavy (non-hydrogen) atoms. The maximum atomic E-state index is 11.2. The number of carboxylic acid groups (broad SMARTS) is 1. The van der Waals surface area contributed by atoms with Gasteiger partial charge in [-0.05, 0) is 36.8 Å². The molecule has 1 fully saturated rings. The lowest BCUT2D eigenvalue weighted by Crippen LogP contribution is -2.41. The summed E-state index contributed by atoms with van der Waals surface area (Å²) in [5, 5.41) is 12.5. The minimum absolute atomic E-state index is 0.326. The highest BCUT2D eigenvalue weighted by molar-refractivity contribution is 5.74. The molecule has 4 heteroatoms. The van der Waals surface area contributed by atoms with Gasteiger partial charge in [0.05, 0.1) is 6.61 Å². The highest BCUT2D eigenvalue weighted by Gasteiger charge is 2.36. The van der Waals surface area contributed by atoms with E-state index in [1.807, 2.05) is 18.2 Å². The lowest BCUT2D eigenvalue weighted by molar-refractivity contribution is -0.140. The summed E-state index contributed by atoms with van der Waals surface area (Å²) in [4.78, 5) is 11.2. The quantitative estimate of drug-likeness (QED) is 0.851. The van der Waals surface area contributed by atoms with Gasteiger partial charge in [-0.3, -0.25) is 4.79 Å². The van der Waals surface area contributed by atoms with Crippen molar-refractivity contribution < 1.29 is 14.6 Å². The Morgan fingerprint density at radius 1 is 1.37 bits per heavy atom. The third-order valence-electron chi connectivity index (χ3n) is 4.03. The lowest BCUT2D eigenvalue weighted by atomic mass is 9.92. The van der Waals surface area contributed by atoms with Crippen LogP contribution < -0.4 is 10.1 Å². The minimum Gasteiger partial charge on any atom is -0.493 e. The van der Waals surface area contributed by atoms with Gasteiger partial charge in [0.1, 0.15) is 11.8 Å². The van der Waals surface area contributed by atoms with Crippen LogP contribution in [0.15, 0.2) is 24.3 Å². The molecule has 1 aromatic carbocycles. The van der Waals surface area contributed by atoms with Crippen molar-refractivity contribution in [1.82, 2.24) is 5.32 Å². The van der Waals surface area contributed by atoms with Crippen LogP contribution in [0.4, 0.5) is 0 Å².